The lowest BCUT2D eigenvalue weighted by molar-refractivity contribution is -0.128. The van der Waals surface area contributed by atoms with Crippen molar-refractivity contribution in [2.24, 2.45) is 0 Å². The molecule has 8 heteroatoms. The first-order chi connectivity index (χ1) is 16.5. The normalized spacial score (nSPS) is 15.3. The Morgan fingerprint density at radius 3 is 2.47 bits per heavy atom. The molecule has 4 rings (SSSR count). The number of benzene rings is 3. The van der Waals surface area contributed by atoms with Crippen molar-refractivity contribution in [1.82, 2.24) is 4.90 Å². The van der Waals surface area contributed by atoms with E-state index in [1.54, 1.807) is 23.9 Å². The zero-order chi connectivity index (χ0) is 24.1. The molecule has 0 aromatic heterocycles. The van der Waals surface area contributed by atoms with Gasteiger partial charge in [-0.25, -0.2) is 4.79 Å². The quantitative estimate of drug-likeness (QED) is 0.457. The maximum absolute atomic E-state index is 12.8. The highest BCUT2D eigenvalue weighted by Crippen LogP contribution is 2.38. The summed E-state index contributed by atoms with van der Waals surface area (Å²) < 4.78 is 4.72. The molecule has 174 valence electrons. The van der Waals surface area contributed by atoms with Crippen LogP contribution in [-0.4, -0.2) is 42.1 Å². The van der Waals surface area contributed by atoms with E-state index in [1.165, 1.54) is 30.9 Å². The third-order valence-electron chi connectivity index (χ3n) is 5.55. The number of halogens is 1. The number of hydrogen-bond donors (Lipinski definition) is 1. The number of hydrogen-bond acceptors (Lipinski definition) is 5. The van der Waals surface area contributed by atoms with E-state index < -0.39 is 5.97 Å². The first-order valence-corrected chi connectivity index (χ1v) is 12.1. The number of esters is 1. The van der Waals surface area contributed by atoms with E-state index in [0.29, 0.717) is 28.6 Å². The summed E-state index contributed by atoms with van der Waals surface area (Å²) in [5.74, 6) is -0.312. The molecule has 6 nitrogen and oxygen atoms in total. The van der Waals surface area contributed by atoms with Crippen LogP contribution < -0.4 is 5.32 Å². The fraction of sp³-hybridized carbons (Fsp3) is 0.192. The summed E-state index contributed by atoms with van der Waals surface area (Å²) >= 11 is 7.77. The molecule has 1 aliphatic rings. The van der Waals surface area contributed by atoms with Crippen molar-refractivity contribution in [3.8, 4) is 0 Å². The summed E-state index contributed by atoms with van der Waals surface area (Å²) in [5, 5.41) is 2.97. The molecule has 1 saturated heterocycles. The molecule has 34 heavy (non-hydrogen) atoms. The van der Waals surface area contributed by atoms with Crippen LogP contribution >= 0.6 is 23.4 Å². The van der Waals surface area contributed by atoms with Crippen LogP contribution in [0.3, 0.4) is 0 Å². The Hall–Kier alpha value is -3.29. The number of carbonyl (C=O) groups excluding carboxylic acids is 3. The van der Waals surface area contributed by atoms with Gasteiger partial charge in [-0.15, -0.1) is 11.8 Å². The number of ether oxygens (including phenoxy) is 1. The number of anilines is 1. The minimum absolute atomic E-state index is 0.0838. The van der Waals surface area contributed by atoms with Gasteiger partial charge >= 0.3 is 5.97 Å². The molecule has 0 radical (unpaired) electrons. The van der Waals surface area contributed by atoms with Crippen LogP contribution in [0.25, 0.3) is 0 Å². The molecule has 0 unspecified atom stereocenters. The van der Waals surface area contributed by atoms with Crippen molar-refractivity contribution in [2.45, 2.75) is 11.8 Å². The minimum atomic E-state index is -0.517. The number of rotatable bonds is 7. The third-order valence-corrected chi connectivity index (χ3v) is 7.13. The summed E-state index contributed by atoms with van der Waals surface area (Å²) in [7, 11) is 1.29. The minimum Gasteiger partial charge on any atom is -0.465 e. The van der Waals surface area contributed by atoms with Crippen molar-refractivity contribution < 1.29 is 19.1 Å². The van der Waals surface area contributed by atoms with Gasteiger partial charge < -0.3 is 15.0 Å². The Labute approximate surface area is 207 Å². The standard InChI is InChI=1S/C26H23ClN2O4S/c1-33-26(32)20-11-12-21(27)22(15-20)28-24(31)18-7-9-19(10-8-18)25-29(23(30)16-34-25)14-13-17-5-3-2-4-6-17/h2-12,15,25H,13-14,16H2,1H3,(H,28,31)/t25-/m1/s1. The number of nitrogens with zero attached hydrogens (tertiary/aromatic N) is 1. The first-order valence-electron chi connectivity index (χ1n) is 10.7. The van der Waals surface area contributed by atoms with Gasteiger partial charge in [0.05, 0.1) is 29.1 Å². The molecule has 1 aliphatic heterocycles. The van der Waals surface area contributed by atoms with E-state index in [9.17, 15) is 14.4 Å². The molecular formula is C26H23ClN2O4S. The van der Waals surface area contributed by atoms with E-state index in [4.69, 9.17) is 16.3 Å². The topological polar surface area (TPSA) is 75.7 Å². The van der Waals surface area contributed by atoms with Crippen molar-refractivity contribution in [1.29, 1.82) is 0 Å². The molecule has 1 heterocycles. The lowest BCUT2D eigenvalue weighted by atomic mass is 10.1. The Kier molecular flexibility index (Phi) is 7.55. The van der Waals surface area contributed by atoms with Crippen LogP contribution in [0, 0.1) is 0 Å². The van der Waals surface area contributed by atoms with Crippen molar-refractivity contribution >= 4 is 46.8 Å². The lowest BCUT2D eigenvalue weighted by Gasteiger charge is -2.24. The van der Waals surface area contributed by atoms with Gasteiger partial charge in [-0.3, -0.25) is 9.59 Å². The smallest absolute Gasteiger partial charge is 0.337 e. The number of carbonyl (C=O) groups is 3. The highest BCUT2D eigenvalue weighted by molar-refractivity contribution is 8.00. The Balaban J connectivity index is 1.44. The van der Waals surface area contributed by atoms with Gasteiger partial charge in [0.15, 0.2) is 0 Å². The summed E-state index contributed by atoms with van der Waals surface area (Å²) in [6.07, 6.45) is 0.787. The number of amides is 2. The van der Waals surface area contributed by atoms with Crippen LogP contribution in [0.1, 0.15) is 37.2 Å². The molecule has 0 bridgehead atoms. The molecular weight excluding hydrogens is 472 g/mol. The third kappa shape index (κ3) is 5.43. The molecule has 0 spiro atoms. The molecule has 3 aromatic rings. The first kappa shape index (κ1) is 23.9. The number of thioether (sulfide) groups is 1. The van der Waals surface area contributed by atoms with Crippen molar-refractivity contribution in [3.63, 3.8) is 0 Å². The van der Waals surface area contributed by atoms with E-state index >= 15 is 0 Å². The zero-order valence-electron chi connectivity index (χ0n) is 18.5. The Morgan fingerprint density at radius 1 is 1.06 bits per heavy atom. The number of methoxy groups -OCH3 is 1. The molecule has 2 amide bonds. The second-order valence-electron chi connectivity index (χ2n) is 7.75. The van der Waals surface area contributed by atoms with Crippen LogP contribution in [0.2, 0.25) is 5.02 Å². The molecule has 1 atom stereocenters. The van der Waals surface area contributed by atoms with Gasteiger partial charge in [-0.1, -0.05) is 54.1 Å². The summed E-state index contributed by atoms with van der Waals surface area (Å²) in [5.41, 5.74) is 3.20. The SMILES string of the molecule is COC(=O)c1ccc(Cl)c(NC(=O)c2ccc([C@H]3SCC(=O)N3CCc3ccccc3)cc2)c1. The van der Waals surface area contributed by atoms with Gasteiger partial charge in [0, 0.05) is 12.1 Å². The Morgan fingerprint density at radius 2 is 1.76 bits per heavy atom. The molecule has 1 N–H and O–H groups in total. The van der Waals surface area contributed by atoms with Gasteiger partial charge in [0.25, 0.3) is 5.91 Å². The van der Waals surface area contributed by atoms with Crippen LogP contribution in [0.4, 0.5) is 5.69 Å². The fourth-order valence-electron chi connectivity index (χ4n) is 3.73. The lowest BCUT2D eigenvalue weighted by Crippen LogP contribution is -2.30. The average molecular weight is 495 g/mol. The second-order valence-corrected chi connectivity index (χ2v) is 9.22. The molecule has 1 fully saturated rings. The van der Waals surface area contributed by atoms with Crippen LogP contribution in [-0.2, 0) is 16.0 Å². The van der Waals surface area contributed by atoms with Crippen molar-refractivity contribution in [2.75, 3.05) is 24.7 Å². The monoisotopic (exact) mass is 494 g/mol. The molecule has 0 saturated carbocycles. The second kappa shape index (κ2) is 10.8. The maximum Gasteiger partial charge on any atom is 0.337 e. The average Bonchev–Trinajstić information content (AvgIpc) is 3.24. The molecule has 0 aliphatic carbocycles. The number of nitrogens with one attached hydrogen (secondary N) is 1. The van der Waals surface area contributed by atoms with Gasteiger partial charge in [-0.05, 0) is 47.9 Å². The van der Waals surface area contributed by atoms with Crippen LogP contribution in [0.15, 0.2) is 72.8 Å². The van der Waals surface area contributed by atoms with Gasteiger partial charge in [-0.2, -0.15) is 0 Å². The fourth-order valence-corrected chi connectivity index (χ4v) is 5.11. The highest BCUT2D eigenvalue weighted by Gasteiger charge is 2.32. The molecule has 3 aromatic carbocycles. The summed E-state index contributed by atoms with van der Waals surface area (Å²) in [6.45, 7) is 0.637. The predicted molar refractivity (Wildman–Crippen MR) is 134 cm³/mol. The van der Waals surface area contributed by atoms with E-state index in [0.717, 1.165) is 12.0 Å². The Bertz CT molecular complexity index is 1200. The van der Waals surface area contributed by atoms with Gasteiger partial charge in [0.2, 0.25) is 5.91 Å². The zero-order valence-corrected chi connectivity index (χ0v) is 20.1. The van der Waals surface area contributed by atoms with Gasteiger partial charge in [0.1, 0.15) is 5.37 Å². The van der Waals surface area contributed by atoms with E-state index in [2.05, 4.69) is 17.4 Å². The maximum atomic E-state index is 12.8. The largest absolute Gasteiger partial charge is 0.465 e. The predicted octanol–water partition coefficient (Wildman–Crippen LogP) is 5.20. The summed E-state index contributed by atoms with van der Waals surface area (Å²) in [6, 6.07) is 21.8. The van der Waals surface area contributed by atoms with E-state index in [-0.39, 0.29) is 22.8 Å². The summed E-state index contributed by atoms with van der Waals surface area (Å²) in [4.78, 5) is 38.9. The van der Waals surface area contributed by atoms with Crippen molar-refractivity contribution in [3.05, 3.63) is 100 Å². The highest BCUT2D eigenvalue weighted by atomic mass is 35.5. The van der Waals surface area contributed by atoms with Crippen LogP contribution in [0.5, 0.6) is 0 Å². The van der Waals surface area contributed by atoms with E-state index in [1.807, 2.05) is 35.2 Å².